The summed E-state index contributed by atoms with van der Waals surface area (Å²) in [5.41, 5.74) is -0.674. The second-order valence-electron chi connectivity index (χ2n) is 3.20. The Balaban J connectivity index is 0. The van der Waals surface area contributed by atoms with Gasteiger partial charge >= 0.3 is 0 Å². The zero-order valence-corrected chi connectivity index (χ0v) is 12.9. The molecule has 0 radical (unpaired) electrons. The van der Waals surface area contributed by atoms with Crippen LogP contribution in [0.2, 0.25) is 0 Å². The first-order valence-electron chi connectivity index (χ1n) is 2.66. The van der Waals surface area contributed by atoms with Gasteiger partial charge in [0.2, 0.25) is 5.85 Å². The van der Waals surface area contributed by atoms with Crippen molar-refractivity contribution in [3.8, 4) is 0 Å². The van der Waals surface area contributed by atoms with Gasteiger partial charge in [-0.15, -0.1) is 0 Å². The van der Waals surface area contributed by atoms with E-state index in [2.05, 4.69) is 0 Å². The molecular formula is C6H13FORf. The SMILES string of the molecule is CC(C)(C)C(C)(O)F.[Rf]. The average Bonchev–Trinajstić information content (AvgIpc) is 1.25. The molecule has 3 heteroatoms. The Morgan fingerprint density at radius 3 is 1.22 bits per heavy atom. The summed E-state index contributed by atoms with van der Waals surface area (Å²) >= 11 is 0. The predicted octanol–water partition coefficient (Wildman–Crippen LogP) is 1.71. The van der Waals surface area contributed by atoms with E-state index < -0.39 is 11.3 Å². The van der Waals surface area contributed by atoms with Crippen LogP contribution in [-0.4, -0.2) is 11.0 Å². The fourth-order valence-electron chi connectivity index (χ4n) is 0. The van der Waals surface area contributed by atoms with E-state index in [1.807, 2.05) is 0 Å². The van der Waals surface area contributed by atoms with E-state index in [1.54, 1.807) is 20.8 Å². The van der Waals surface area contributed by atoms with Crippen LogP contribution in [0.25, 0.3) is 0 Å². The molecule has 0 aromatic carbocycles. The molecule has 0 heterocycles. The second kappa shape index (κ2) is 2.02. The van der Waals surface area contributed by atoms with Gasteiger partial charge in [-0.1, -0.05) is 20.8 Å². The van der Waals surface area contributed by atoms with Crippen LogP contribution < -0.4 is 0 Å². The Morgan fingerprint density at radius 1 is 1.11 bits per heavy atom. The third-order valence-corrected chi connectivity index (χ3v) is 1.37. The van der Waals surface area contributed by atoms with E-state index in [0.717, 1.165) is 6.92 Å². The predicted molar refractivity (Wildman–Crippen MR) is 31.2 cm³/mol. The molecule has 1 unspecified atom stereocenters. The number of rotatable bonds is 0. The molecule has 52 valence electrons. The van der Waals surface area contributed by atoms with Gasteiger partial charge in [-0.3, -0.25) is 0 Å². The van der Waals surface area contributed by atoms with Gasteiger partial charge in [-0.2, -0.15) is 0 Å². The topological polar surface area (TPSA) is 20.2 Å². The summed E-state index contributed by atoms with van der Waals surface area (Å²) in [6.07, 6.45) is 0. The third kappa shape index (κ3) is 2.65. The summed E-state index contributed by atoms with van der Waals surface area (Å²) in [6, 6.07) is 0. The van der Waals surface area contributed by atoms with Crippen LogP contribution in [0.5, 0.6) is 0 Å². The molecule has 1 atom stereocenters. The van der Waals surface area contributed by atoms with Gasteiger partial charge in [0, 0.05) is 5.41 Å². The van der Waals surface area contributed by atoms with Gasteiger partial charge in [-0.25, -0.2) is 4.39 Å². The molecule has 1 N–H and O–H groups in total. The Labute approximate surface area is 49.5 Å². The van der Waals surface area contributed by atoms with Crippen molar-refractivity contribution in [3.63, 3.8) is 0 Å². The molecular weight excluding hydrogens is 374 g/mol. The molecule has 0 bridgehead atoms. The Bertz CT molecular complexity index is 68.0. The average molecular weight is 387 g/mol. The van der Waals surface area contributed by atoms with Gasteiger partial charge in [0.05, 0.1) is 0 Å². The quantitative estimate of drug-likeness (QED) is 0.671. The molecule has 0 rings (SSSR count). The maximum atomic E-state index is 12.5. The maximum Gasteiger partial charge on any atom is 0.208 e. The minimum Gasteiger partial charge on any atom is -0.362 e. The van der Waals surface area contributed by atoms with Crippen molar-refractivity contribution in [2.75, 3.05) is 0 Å². The van der Waals surface area contributed by atoms with Crippen molar-refractivity contribution in [3.05, 3.63) is 0 Å². The Hall–Kier alpha value is -1.11. The molecule has 9 heavy (non-hydrogen) atoms. The number of aliphatic hydroxyl groups is 1. The van der Waals surface area contributed by atoms with Crippen molar-refractivity contribution in [1.29, 1.82) is 0 Å². The summed E-state index contributed by atoms with van der Waals surface area (Å²) in [6.45, 7) is 6.10. The van der Waals surface area contributed by atoms with Crippen molar-refractivity contribution < 1.29 is 9.50 Å². The minimum atomic E-state index is -2.06. The zero-order chi connectivity index (χ0) is 7.00. The van der Waals surface area contributed by atoms with Crippen molar-refractivity contribution in [2.24, 2.45) is 5.41 Å². The van der Waals surface area contributed by atoms with Crippen LogP contribution in [0.3, 0.4) is 0 Å². The van der Waals surface area contributed by atoms with Gasteiger partial charge in [0.15, 0.2) is 0 Å². The van der Waals surface area contributed by atoms with E-state index in [4.69, 9.17) is 5.11 Å². The van der Waals surface area contributed by atoms with E-state index in [1.165, 1.54) is 0 Å². The van der Waals surface area contributed by atoms with Crippen molar-refractivity contribution >= 4 is 0 Å². The second-order valence-corrected chi connectivity index (χ2v) is 3.20. The Morgan fingerprint density at radius 2 is 1.22 bits per heavy atom. The molecule has 0 aromatic rings. The third-order valence-electron chi connectivity index (χ3n) is 1.37. The van der Waals surface area contributed by atoms with E-state index in [0.29, 0.717) is 0 Å². The van der Waals surface area contributed by atoms with Crippen molar-refractivity contribution in [1.82, 2.24) is 0 Å². The van der Waals surface area contributed by atoms with Crippen molar-refractivity contribution in [2.45, 2.75) is 33.5 Å². The molecule has 0 saturated carbocycles. The molecule has 0 spiro atoms. The van der Waals surface area contributed by atoms with Gasteiger partial charge in [0.25, 0.3) is 0 Å². The van der Waals surface area contributed by atoms with Gasteiger partial charge < -0.3 is 5.11 Å². The number of hydrogen-bond acceptors (Lipinski definition) is 1. The summed E-state index contributed by atoms with van der Waals surface area (Å²) in [7, 11) is 0. The van der Waals surface area contributed by atoms with E-state index >= 15 is 0 Å². The first-order chi connectivity index (χ1) is 3.25. The fraction of sp³-hybridized carbons (Fsp3) is 1.00. The van der Waals surface area contributed by atoms with Gasteiger partial charge in [0.1, 0.15) is 0 Å². The van der Waals surface area contributed by atoms with Gasteiger partial charge in [-0.05, 0) is 6.92 Å². The maximum absolute atomic E-state index is 12.5. The van der Waals surface area contributed by atoms with Crippen LogP contribution >= 0.6 is 0 Å². The summed E-state index contributed by atoms with van der Waals surface area (Å²) in [5.74, 6) is -2.06. The molecule has 0 fully saturated rings. The normalized spacial score (nSPS) is 18.0. The number of alkyl halides is 1. The van der Waals surface area contributed by atoms with Crippen LogP contribution in [0, 0.1) is 5.41 Å². The molecule has 0 aromatic heterocycles. The fourth-order valence-corrected chi connectivity index (χ4v) is 0. The van der Waals surface area contributed by atoms with Crippen LogP contribution in [-0.2, 0) is 0 Å². The minimum absolute atomic E-state index is 0. The Kier molecular flexibility index (Phi) is 2.42. The summed E-state index contributed by atoms with van der Waals surface area (Å²) in [4.78, 5) is 0. The first kappa shape index (κ1) is 10.8. The number of hydrogen-bond donors (Lipinski definition) is 1. The summed E-state index contributed by atoms with van der Waals surface area (Å²) in [5, 5.41) is 8.69. The molecule has 0 aliphatic rings. The molecule has 0 saturated heterocycles. The van der Waals surface area contributed by atoms with Crippen LogP contribution in [0.1, 0.15) is 27.7 Å². The van der Waals surface area contributed by atoms with E-state index in [-0.39, 0.29) is 0 Å². The zero-order valence-electron chi connectivity index (χ0n) is 6.53. The number of halogens is 1. The smallest absolute Gasteiger partial charge is 0.208 e. The monoisotopic (exact) mass is 387 g/mol. The largest absolute Gasteiger partial charge is 0.362 e. The van der Waals surface area contributed by atoms with Crippen LogP contribution in [0.4, 0.5) is 4.39 Å². The molecule has 0 amide bonds. The first-order valence-corrected chi connectivity index (χ1v) is 2.66. The standard InChI is InChI=1S/C6H13FO.Rf/c1-5(2,3)6(4,7)8;/h8H,1-4H3;. The van der Waals surface area contributed by atoms with Crippen LogP contribution in [0.15, 0.2) is 0 Å². The molecule has 0 aliphatic carbocycles. The molecule has 1 nitrogen and oxygen atoms in total. The summed E-state index contributed by atoms with van der Waals surface area (Å²) < 4.78 is 12.5. The molecule has 0 aliphatic heterocycles. The van der Waals surface area contributed by atoms with E-state index in [9.17, 15) is 4.39 Å².